The molecule has 0 unspecified atom stereocenters. The Morgan fingerprint density at radius 3 is 2.78 bits per heavy atom. The monoisotopic (exact) mass is 394 g/mol. The van der Waals surface area contributed by atoms with Gasteiger partial charge >= 0.3 is 5.97 Å². The van der Waals surface area contributed by atoms with E-state index in [1.54, 1.807) is 19.3 Å². The number of carboxylic acids is 1. The van der Waals surface area contributed by atoms with E-state index < -0.39 is 12.0 Å². The van der Waals surface area contributed by atoms with Crippen LogP contribution in [0.4, 0.5) is 0 Å². The van der Waals surface area contributed by atoms with Gasteiger partial charge in [-0.15, -0.1) is 12.4 Å². The third-order valence-corrected chi connectivity index (χ3v) is 4.29. The number of nitrogens with one attached hydrogen (secondary N) is 1. The van der Waals surface area contributed by atoms with Gasteiger partial charge in [0, 0.05) is 36.0 Å². The highest BCUT2D eigenvalue weighted by atomic mass is 35.5. The molecule has 3 rings (SSSR count). The van der Waals surface area contributed by atoms with Crippen molar-refractivity contribution < 1.29 is 24.1 Å². The van der Waals surface area contributed by atoms with Crippen LogP contribution in [0.25, 0.3) is 17.0 Å². The Labute approximate surface area is 163 Å². The van der Waals surface area contributed by atoms with Crippen LogP contribution in [0.3, 0.4) is 0 Å². The summed E-state index contributed by atoms with van der Waals surface area (Å²) in [6.45, 7) is 6.64. The Hall–Kier alpha value is -2.51. The maximum Gasteiger partial charge on any atom is 0.320 e. The van der Waals surface area contributed by atoms with Gasteiger partial charge in [0.1, 0.15) is 23.6 Å². The van der Waals surface area contributed by atoms with Crippen LogP contribution in [0.2, 0.25) is 0 Å². The molecule has 0 amide bonds. The van der Waals surface area contributed by atoms with Crippen molar-refractivity contribution in [3.8, 4) is 17.4 Å². The van der Waals surface area contributed by atoms with Gasteiger partial charge < -0.3 is 24.6 Å². The van der Waals surface area contributed by atoms with E-state index in [1.165, 1.54) is 0 Å². The fourth-order valence-electron chi connectivity index (χ4n) is 3.03. The number of nitrogens with zero attached hydrogens (tertiary/aromatic N) is 1. The number of halogens is 1. The van der Waals surface area contributed by atoms with Gasteiger partial charge in [0.05, 0.1) is 19.2 Å². The first-order chi connectivity index (χ1) is 12.5. The van der Waals surface area contributed by atoms with E-state index in [0.717, 1.165) is 10.9 Å². The number of hydrogen-bond donors (Lipinski definition) is 2. The predicted octanol–water partition coefficient (Wildman–Crippen LogP) is 2.90. The van der Waals surface area contributed by atoms with Crippen molar-refractivity contribution >= 4 is 35.4 Å². The normalized spacial score (nSPS) is 18.6. The Morgan fingerprint density at radius 2 is 2.19 bits per heavy atom. The van der Waals surface area contributed by atoms with Gasteiger partial charge in [-0.1, -0.05) is 12.7 Å². The molecule has 1 fully saturated rings. The molecule has 0 aliphatic carbocycles. The summed E-state index contributed by atoms with van der Waals surface area (Å²) < 4.78 is 17.0. The Balaban J connectivity index is 0.00000261. The Kier molecular flexibility index (Phi) is 6.87. The molecule has 0 saturated carbocycles. The average Bonchev–Trinajstić information content (AvgIpc) is 3.10. The van der Waals surface area contributed by atoms with Gasteiger partial charge in [0.2, 0.25) is 5.88 Å². The molecule has 146 valence electrons. The van der Waals surface area contributed by atoms with Gasteiger partial charge in [-0.25, -0.2) is 4.98 Å². The van der Waals surface area contributed by atoms with Gasteiger partial charge in [-0.2, -0.15) is 0 Å². The molecule has 2 aromatic rings. The summed E-state index contributed by atoms with van der Waals surface area (Å²) in [4.78, 5) is 15.6. The molecule has 0 bridgehead atoms. The van der Waals surface area contributed by atoms with Crippen molar-refractivity contribution in [1.82, 2.24) is 10.3 Å². The fourth-order valence-corrected chi connectivity index (χ4v) is 3.03. The van der Waals surface area contributed by atoms with E-state index >= 15 is 0 Å². The molecule has 1 aromatic heterocycles. The average molecular weight is 395 g/mol. The topological polar surface area (TPSA) is 89.9 Å². The van der Waals surface area contributed by atoms with Gasteiger partial charge in [-0.05, 0) is 13.0 Å². The quantitative estimate of drug-likeness (QED) is 0.746. The third-order valence-electron chi connectivity index (χ3n) is 4.29. The summed E-state index contributed by atoms with van der Waals surface area (Å²) in [5.41, 5.74) is 1.50. The van der Waals surface area contributed by atoms with Crippen LogP contribution in [-0.2, 0) is 4.79 Å². The van der Waals surface area contributed by atoms with E-state index in [2.05, 4.69) is 16.9 Å². The van der Waals surface area contributed by atoms with E-state index in [1.807, 2.05) is 19.1 Å². The molecule has 1 aromatic carbocycles. The predicted molar refractivity (Wildman–Crippen MR) is 105 cm³/mol. The minimum Gasteiger partial charge on any atom is -0.496 e. The number of ether oxygens (including phenoxy) is 3. The van der Waals surface area contributed by atoms with E-state index in [4.69, 9.17) is 19.3 Å². The zero-order valence-corrected chi connectivity index (χ0v) is 16.0. The molecule has 1 aliphatic heterocycles. The van der Waals surface area contributed by atoms with Gasteiger partial charge in [-0.3, -0.25) is 4.79 Å². The Bertz CT molecular complexity index is 842. The number of aromatic nitrogens is 1. The summed E-state index contributed by atoms with van der Waals surface area (Å²) in [6, 6.07) is 4.85. The molecular formula is C19H23ClN2O5. The van der Waals surface area contributed by atoms with Crippen molar-refractivity contribution in [1.29, 1.82) is 0 Å². The number of aliphatic carboxylic acids is 1. The number of pyridine rings is 1. The molecule has 0 radical (unpaired) electrons. The molecule has 8 heteroatoms. The molecular weight excluding hydrogens is 372 g/mol. The lowest BCUT2D eigenvalue weighted by Crippen LogP contribution is -2.30. The van der Waals surface area contributed by atoms with E-state index in [9.17, 15) is 4.79 Å². The summed E-state index contributed by atoms with van der Waals surface area (Å²) in [5, 5.41) is 12.9. The van der Waals surface area contributed by atoms with Gasteiger partial charge in [0.25, 0.3) is 0 Å². The SMILES string of the molecule is C=Cc1cc2c(O[C@H]3CN[C@H](C(=O)O)C3)cc(OCC)nc2cc1OC.Cl. The smallest absolute Gasteiger partial charge is 0.320 e. The largest absolute Gasteiger partial charge is 0.496 e. The molecule has 2 atom stereocenters. The number of hydrogen-bond acceptors (Lipinski definition) is 6. The second kappa shape index (κ2) is 8.92. The first-order valence-electron chi connectivity index (χ1n) is 8.46. The van der Waals surface area contributed by atoms with Crippen LogP contribution in [0, 0.1) is 0 Å². The van der Waals surface area contributed by atoms with Crippen molar-refractivity contribution in [2.75, 3.05) is 20.3 Å². The van der Waals surface area contributed by atoms with Crippen LogP contribution in [-0.4, -0.2) is 48.5 Å². The lowest BCUT2D eigenvalue weighted by atomic mass is 10.1. The highest BCUT2D eigenvalue weighted by Crippen LogP contribution is 2.35. The second-order valence-corrected chi connectivity index (χ2v) is 5.98. The van der Waals surface area contributed by atoms with Crippen LogP contribution in [0.5, 0.6) is 17.4 Å². The summed E-state index contributed by atoms with van der Waals surface area (Å²) in [7, 11) is 1.59. The molecule has 2 N–H and O–H groups in total. The van der Waals surface area contributed by atoms with Crippen molar-refractivity contribution in [3.05, 3.63) is 30.3 Å². The summed E-state index contributed by atoms with van der Waals surface area (Å²) in [6.07, 6.45) is 1.86. The number of fused-ring (bicyclic) bond motifs is 1. The molecule has 0 spiro atoms. The number of benzene rings is 1. The summed E-state index contributed by atoms with van der Waals surface area (Å²) >= 11 is 0. The lowest BCUT2D eigenvalue weighted by Gasteiger charge is -2.17. The highest BCUT2D eigenvalue weighted by molar-refractivity contribution is 5.90. The maximum absolute atomic E-state index is 11.1. The van der Waals surface area contributed by atoms with Gasteiger partial charge in [0.15, 0.2) is 0 Å². The highest BCUT2D eigenvalue weighted by Gasteiger charge is 2.31. The maximum atomic E-state index is 11.1. The molecule has 27 heavy (non-hydrogen) atoms. The number of methoxy groups -OCH3 is 1. The molecule has 1 aliphatic rings. The first kappa shape index (κ1) is 20.8. The Morgan fingerprint density at radius 1 is 1.41 bits per heavy atom. The summed E-state index contributed by atoms with van der Waals surface area (Å²) in [5.74, 6) is 0.837. The second-order valence-electron chi connectivity index (χ2n) is 5.98. The van der Waals surface area contributed by atoms with Crippen LogP contribution >= 0.6 is 12.4 Å². The first-order valence-corrected chi connectivity index (χ1v) is 8.46. The molecule has 7 nitrogen and oxygen atoms in total. The van der Waals surface area contributed by atoms with Crippen LogP contribution in [0.1, 0.15) is 18.9 Å². The van der Waals surface area contributed by atoms with Crippen LogP contribution in [0.15, 0.2) is 24.8 Å². The van der Waals surface area contributed by atoms with Crippen LogP contribution < -0.4 is 19.5 Å². The fraction of sp³-hybridized carbons (Fsp3) is 0.368. The van der Waals surface area contributed by atoms with E-state index in [0.29, 0.717) is 42.5 Å². The van der Waals surface area contributed by atoms with E-state index in [-0.39, 0.29) is 18.5 Å². The zero-order valence-electron chi connectivity index (χ0n) is 15.2. The third kappa shape index (κ3) is 4.43. The zero-order chi connectivity index (χ0) is 18.7. The van der Waals surface area contributed by atoms with Crippen molar-refractivity contribution in [2.24, 2.45) is 0 Å². The molecule has 2 heterocycles. The minimum absolute atomic E-state index is 0. The number of rotatable bonds is 7. The van der Waals surface area contributed by atoms with Crippen molar-refractivity contribution in [3.63, 3.8) is 0 Å². The van der Waals surface area contributed by atoms with Crippen molar-refractivity contribution in [2.45, 2.75) is 25.5 Å². The number of carbonyl (C=O) groups is 1. The number of carboxylic acid groups (broad SMARTS) is 1. The lowest BCUT2D eigenvalue weighted by molar-refractivity contribution is -0.139. The standard InChI is InChI=1S/C19H22N2O5.ClH/c1-4-11-6-13-14(8-16(11)24-3)21-18(25-5-2)9-17(13)26-12-7-15(19(22)23)20-10-12;/h4,6,8-9,12,15,20H,1,5,7,10H2,2-3H3,(H,22,23);1H/t12-,15+;/m1./s1. The minimum atomic E-state index is -0.871. The molecule has 1 saturated heterocycles.